The number of hydrogen-bond acceptors (Lipinski definition) is 1. The molecule has 0 amide bonds. The Bertz CT molecular complexity index is 785. The monoisotopic (exact) mass is 299 g/mol. The third-order valence-electron chi connectivity index (χ3n) is 4.86. The Morgan fingerprint density at radius 1 is 0.696 bits per heavy atom. The van der Waals surface area contributed by atoms with Gasteiger partial charge in [0.2, 0.25) is 0 Å². The molecule has 0 saturated carbocycles. The summed E-state index contributed by atoms with van der Waals surface area (Å²) in [4.78, 5) is 2.15. The van der Waals surface area contributed by atoms with Crippen LogP contribution in [0, 0.1) is 0 Å². The second-order valence-electron chi connectivity index (χ2n) is 6.49. The first-order valence-corrected chi connectivity index (χ1v) is 8.17. The summed E-state index contributed by atoms with van der Waals surface area (Å²) in [5.41, 5.74) is 8.41. The summed E-state index contributed by atoms with van der Waals surface area (Å²) in [7, 11) is 4.17. The Labute approximate surface area is 138 Å². The molecular formula is C22H21N. The maximum atomic E-state index is 2.29. The van der Waals surface area contributed by atoms with Gasteiger partial charge in [0.15, 0.2) is 0 Å². The van der Waals surface area contributed by atoms with E-state index in [0.29, 0.717) is 5.92 Å². The third-order valence-corrected chi connectivity index (χ3v) is 4.86. The van der Waals surface area contributed by atoms with Gasteiger partial charge in [0.05, 0.1) is 0 Å². The molecule has 114 valence electrons. The molecule has 0 aromatic heterocycles. The second-order valence-corrected chi connectivity index (χ2v) is 6.49. The first-order valence-electron chi connectivity index (χ1n) is 8.17. The fourth-order valence-electron chi connectivity index (χ4n) is 3.65. The van der Waals surface area contributed by atoms with Gasteiger partial charge in [-0.15, -0.1) is 0 Å². The predicted octanol–water partition coefficient (Wildman–Crippen LogP) is 4.84. The molecule has 0 N–H and O–H groups in total. The number of rotatable bonds is 2. The molecule has 0 bridgehead atoms. The van der Waals surface area contributed by atoms with Gasteiger partial charge in [0.1, 0.15) is 0 Å². The minimum atomic E-state index is 0.340. The highest BCUT2D eigenvalue weighted by atomic mass is 15.1. The van der Waals surface area contributed by atoms with Crippen molar-refractivity contribution in [3.05, 3.63) is 101 Å². The van der Waals surface area contributed by atoms with Crippen molar-refractivity contribution in [2.45, 2.75) is 12.3 Å². The van der Waals surface area contributed by atoms with Crippen molar-refractivity contribution in [2.75, 3.05) is 19.0 Å². The molecule has 0 atom stereocenters. The average Bonchev–Trinajstić information content (AvgIpc) is 2.59. The highest BCUT2D eigenvalue weighted by Crippen LogP contribution is 2.40. The van der Waals surface area contributed by atoms with E-state index in [0.717, 1.165) is 6.42 Å². The molecule has 0 unspecified atom stereocenters. The first kappa shape index (κ1) is 14.1. The number of fused-ring (bicyclic) bond motifs is 2. The van der Waals surface area contributed by atoms with Gasteiger partial charge in [-0.3, -0.25) is 0 Å². The SMILES string of the molecule is CN(C)c1ccc(C2c3ccccc3Cc3ccccc32)cc1. The molecule has 0 heterocycles. The van der Waals surface area contributed by atoms with Gasteiger partial charge in [0.25, 0.3) is 0 Å². The normalized spacial score (nSPS) is 13.3. The fraction of sp³-hybridized carbons (Fsp3) is 0.182. The van der Waals surface area contributed by atoms with Crippen LogP contribution >= 0.6 is 0 Å². The van der Waals surface area contributed by atoms with Crippen LogP contribution in [0.5, 0.6) is 0 Å². The topological polar surface area (TPSA) is 3.24 Å². The molecular weight excluding hydrogens is 278 g/mol. The first-order chi connectivity index (χ1) is 11.2. The van der Waals surface area contributed by atoms with Gasteiger partial charge in [0, 0.05) is 25.7 Å². The fourth-order valence-corrected chi connectivity index (χ4v) is 3.65. The zero-order valence-corrected chi connectivity index (χ0v) is 13.7. The van der Waals surface area contributed by atoms with E-state index in [1.165, 1.54) is 33.5 Å². The van der Waals surface area contributed by atoms with Crippen LogP contribution in [0.1, 0.15) is 33.7 Å². The van der Waals surface area contributed by atoms with E-state index >= 15 is 0 Å². The number of hydrogen-bond donors (Lipinski definition) is 0. The highest BCUT2D eigenvalue weighted by molar-refractivity contribution is 5.56. The van der Waals surface area contributed by atoms with Crippen molar-refractivity contribution in [3.63, 3.8) is 0 Å². The van der Waals surface area contributed by atoms with Crippen molar-refractivity contribution >= 4 is 5.69 Å². The van der Waals surface area contributed by atoms with E-state index in [1.54, 1.807) is 0 Å². The summed E-state index contributed by atoms with van der Waals surface area (Å²) < 4.78 is 0. The molecule has 0 radical (unpaired) electrons. The standard InChI is InChI=1S/C22H21N/c1-23(2)19-13-11-16(12-14-19)22-20-9-5-3-7-17(20)15-18-8-4-6-10-21(18)22/h3-14,22H,15H2,1-2H3. The third kappa shape index (κ3) is 2.43. The Morgan fingerprint density at radius 2 is 1.22 bits per heavy atom. The van der Waals surface area contributed by atoms with Crippen molar-refractivity contribution in [1.29, 1.82) is 0 Å². The molecule has 1 heteroatoms. The molecule has 0 fully saturated rings. The molecule has 4 rings (SSSR count). The van der Waals surface area contributed by atoms with Gasteiger partial charge in [-0.2, -0.15) is 0 Å². The zero-order valence-electron chi connectivity index (χ0n) is 13.7. The van der Waals surface area contributed by atoms with Crippen LogP contribution in [0.2, 0.25) is 0 Å². The summed E-state index contributed by atoms with van der Waals surface area (Å²) in [5.74, 6) is 0.340. The summed E-state index contributed by atoms with van der Waals surface area (Å²) in [6.07, 6.45) is 1.04. The van der Waals surface area contributed by atoms with Crippen LogP contribution in [0.25, 0.3) is 0 Å². The average molecular weight is 299 g/mol. The lowest BCUT2D eigenvalue weighted by atomic mass is 9.75. The van der Waals surface area contributed by atoms with Gasteiger partial charge in [-0.25, -0.2) is 0 Å². The molecule has 3 aromatic rings. The number of benzene rings is 3. The van der Waals surface area contributed by atoms with Crippen LogP contribution in [-0.2, 0) is 6.42 Å². The lowest BCUT2D eigenvalue weighted by Gasteiger charge is -2.29. The van der Waals surface area contributed by atoms with E-state index in [4.69, 9.17) is 0 Å². The molecule has 0 aliphatic heterocycles. The van der Waals surface area contributed by atoms with E-state index in [9.17, 15) is 0 Å². The number of nitrogens with zero attached hydrogens (tertiary/aromatic N) is 1. The maximum Gasteiger partial charge on any atom is 0.0361 e. The molecule has 1 nitrogen and oxygen atoms in total. The number of anilines is 1. The molecule has 23 heavy (non-hydrogen) atoms. The van der Waals surface area contributed by atoms with E-state index in [2.05, 4.69) is 91.8 Å². The Kier molecular flexibility index (Phi) is 3.42. The van der Waals surface area contributed by atoms with Crippen LogP contribution in [0.4, 0.5) is 5.69 Å². The second kappa shape index (κ2) is 5.58. The van der Waals surface area contributed by atoms with Crippen LogP contribution in [-0.4, -0.2) is 14.1 Å². The van der Waals surface area contributed by atoms with Crippen molar-refractivity contribution in [3.8, 4) is 0 Å². The quantitative estimate of drug-likeness (QED) is 0.512. The summed E-state index contributed by atoms with van der Waals surface area (Å²) in [6, 6.07) is 26.7. The maximum absolute atomic E-state index is 2.29. The highest BCUT2D eigenvalue weighted by Gasteiger charge is 2.26. The van der Waals surface area contributed by atoms with E-state index in [1.807, 2.05) is 0 Å². The molecule has 0 saturated heterocycles. The lowest BCUT2D eigenvalue weighted by molar-refractivity contribution is 0.885. The molecule has 1 aliphatic rings. The van der Waals surface area contributed by atoms with Crippen molar-refractivity contribution in [1.82, 2.24) is 0 Å². The Hall–Kier alpha value is -2.54. The minimum absolute atomic E-state index is 0.340. The van der Waals surface area contributed by atoms with Crippen LogP contribution < -0.4 is 4.90 Å². The Balaban J connectivity index is 1.87. The van der Waals surface area contributed by atoms with Crippen LogP contribution in [0.15, 0.2) is 72.8 Å². The lowest BCUT2D eigenvalue weighted by Crippen LogP contribution is -2.15. The molecule has 1 aliphatic carbocycles. The Morgan fingerprint density at radius 3 is 1.74 bits per heavy atom. The van der Waals surface area contributed by atoms with Crippen molar-refractivity contribution in [2.24, 2.45) is 0 Å². The van der Waals surface area contributed by atoms with Gasteiger partial charge < -0.3 is 4.90 Å². The molecule has 3 aromatic carbocycles. The van der Waals surface area contributed by atoms with Crippen LogP contribution in [0.3, 0.4) is 0 Å². The van der Waals surface area contributed by atoms with E-state index < -0.39 is 0 Å². The summed E-state index contributed by atoms with van der Waals surface area (Å²) in [6.45, 7) is 0. The largest absolute Gasteiger partial charge is 0.378 e. The predicted molar refractivity (Wildman–Crippen MR) is 97.4 cm³/mol. The van der Waals surface area contributed by atoms with Gasteiger partial charge in [-0.1, -0.05) is 60.7 Å². The van der Waals surface area contributed by atoms with Gasteiger partial charge in [-0.05, 0) is 46.4 Å². The van der Waals surface area contributed by atoms with E-state index in [-0.39, 0.29) is 0 Å². The minimum Gasteiger partial charge on any atom is -0.378 e. The molecule has 0 spiro atoms. The van der Waals surface area contributed by atoms with Crippen molar-refractivity contribution < 1.29 is 0 Å². The summed E-state index contributed by atoms with van der Waals surface area (Å²) >= 11 is 0. The van der Waals surface area contributed by atoms with Gasteiger partial charge >= 0.3 is 0 Å². The zero-order chi connectivity index (χ0) is 15.8. The summed E-state index contributed by atoms with van der Waals surface area (Å²) in [5, 5.41) is 0. The smallest absolute Gasteiger partial charge is 0.0361 e.